The van der Waals surface area contributed by atoms with Gasteiger partial charge in [-0.1, -0.05) is 0 Å². The molecule has 9 heteroatoms. The van der Waals surface area contributed by atoms with Crippen molar-refractivity contribution in [2.75, 3.05) is 12.4 Å². The zero-order chi connectivity index (χ0) is 21.4. The lowest BCUT2D eigenvalue weighted by Gasteiger charge is -2.29. The van der Waals surface area contributed by atoms with Crippen LogP contribution in [0.4, 0.5) is 5.82 Å². The molecular weight excluding hydrogens is 392 g/mol. The Kier molecular flexibility index (Phi) is 5.01. The summed E-state index contributed by atoms with van der Waals surface area (Å²) in [4.78, 5) is 12.8. The quantitative estimate of drug-likeness (QED) is 0.530. The second kappa shape index (κ2) is 7.98. The summed E-state index contributed by atoms with van der Waals surface area (Å²) >= 11 is 0. The Morgan fingerprint density at radius 2 is 1.94 bits per heavy atom. The topological polar surface area (TPSA) is 95.6 Å². The lowest BCUT2D eigenvalue weighted by atomic mass is 9.93. The van der Waals surface area contributed by atoms with Crippen LogP contribution < -0.4 is 10.1 Å². The number of nitrogens with zero attached hydrogens (tertiary/aromatic N) is 7. The highest BCUT2D eigenvalue weighted by molar-refractivity contribution is 5.93. The van der Waals surface area contributed by atoms with Gasteiger partial charge in [-0.3, -0.25) is 9.36 Å². The van der Waals surface area contributed by atoms with Gasteiger partial charge in [-0.05, 0) is 32.6 Å². The molecule has 1 aliphatic carbocycles. The highest BCUT2D eigenvalue weighted by Gasteiger charge is 2.27. The van der Waals surface area contributed by atoms with Gasteiger partial charge in [0, 0.05) is 55.3 Å². The van der Waals surface area contributed by atoms with Gasteiger partial charge in [0.05, 0.1) is 17.8 Å². The minimum absolute atomic E-state index is 0.166. The first-order chi connectivity index (χ1) is 15.1. The third kappa shape index (κ3) is 3.71. The molecule has 0 spiro atoms. The molecule has 0 amide bonds. The molecule has 0 atom stereocenters. The van der Waals surface area contributed by atoms with Gasteiger partial charge < -0.3 is 10.1 Å². The molecule has 0 radical (unpaired) electrons. The van der Waals surface area contributed by atoms with Crippen LogP contribution in [0.2, 0.25) is 0 Å². The molecule has 5 rings (SSSR count). The number of anilines is 1. The van der Waals surface area contributed by atoms with E-state index in [-0.39, 0.29) is 6.10 Å². The molecule has 0 aromatic carbocycles. The van der Waals surface area contributed by atoms with Crippen LogP contribution in [0, 0.1) is 6.92 Å². The number of rotatable bonds is 5. The first kappa shape index (κ1) is 19.5. The zero-order valence-electron chi connectivity index (χ0n) is 18.0. The van der Waals surface area contributed by atoms with Crippen molar-refractivity contribution in [1.82, 2.24) is 34.5 Å². The molecule has 4 aromatic heterocycles. The molecule has 0 unspecified atom stereocenters. The summed E-state index contributed by atoms with van der Waals surface area (Å²) in [5.41, 5.74) is 3.99. The van der Waals surface area contributed by atoms with Crippen molar-refractivity contribution in [2.45, 2.75) is 44.8 Å². The van der Waals surface area contributed by atoms with Crippen molar-refractivity contribution in [2.24, 2.45) is 7.05 Å². The van der Waals surface area contributed by atoms with Crippen LogP contribution in [0.15, 0.2) is 37.2 Å². The summed E-state index contributed by atoms with van der Waals surface area (Å²) < 4.78 is 10.1. The zero-order valence-corrected chi connectivity index (χ0v) is 18.0. The van der Waals surface area contributed by atoms with Crippen molar-refractivity contribution in [1.29, 1.82) is 0 Å². The van der Waals surface area contributed by atoms with Crippen molar-refractivity contribution in [3.8, 4) is 17.1 Å². The molecule has 1 saturated carbocycles. The molecule has 1 aliphatic rings. The fourth-order valence-corrected chi connectivity index (χ4v) is 4.28. The van der Waals surface area contributed by atoms with Crippen molar-refractivity contribution in [3.05, 3.63) is 42.7 Å². The van der Waals surface area contributed by atoms with Crippen LogP contribution in [-0.2, 0) is 7.05 Å². The maximum atomic E-state index is 6.16. The number of ether oxygens (including phenoxy) is 1. The third-order valence-corrected chi connectivity index (χ3v) is 5.94. The van der Waals surface area contributed by atoms with Gasteiger partial charge in [0.15, 0.2) is 0 Å². The molecule has 4 heterocycles. The van der Waals surface area contributed by atoms with Crippen LogP contribution in [0.5, 0.6) is 5.88 Å². The van der Waals surface area contributed by atoms with Gasteiger partial charge in [-0.15, -0.1) is 0 Å². The van der Waals surface area contributed by atoms with E-state index in [0.29, 0.717) is 11.9 Å². The molecule has 0 aliphatic heterocycles. The first-order valence-electron chi connectivity index (χ1n) is 10.6. The van der Waals surface area contributed by atoms with Crippen LogP contribution in [0.25, 0.3) is 22.2 Å². The Balaban J connectivity index is 1.42. The van der Waals surface area contributed by atoms with E-state index in [4.69, 9.17) is 9.84 Å². The van der Waals surface area contributed by atoms with Gasteiger partial charge in [0.2, 0.25) is 5.88 Å². The maximum absolute atomic E-state index is 6.16. The standard InChI is InChI=1S/C22H26N8O/c1-14-9-24-13-26-22(14)31-17-6-4-16(5-7-17)30-19-8-20(23-2)25-11-18(19)21(28-30)15-10-27-29(3)12-15/h8-13,16-17H,4-7H2,1-3H3,(H,23,25). The third-order valence-electron chi connectivity index (χ3n) is 5.94. The highest BCUT2D eigenvalue weighted by atomic mass is 16.5. The van der Waals surface area contributed by atoms with Gasteiger partial charge in [0.25, 0.3) is 0 Å². The largest absolute Gasteiger partial charge is 0.474 e. The molecule has 160 valence electrons. The van der Waals surface area contributed by atoms with Crippen LogP contribution in [-0.4, -0.2) is 47.7 Å². The Hall–Kier alpha value is -3.49. The first-order valence-corrected chi connectivity index (χ1v) is 10.6. The predicted octanol–water partition coefficient (Wildman–Crippen LogP) is 3.53. The maximum Gasteiger partial charge on any atom is 0.219 e. The van der Waals surface area contributed by atoms with Gasteiger partial charge in [-0.25, -0.2) is 15.0 Å². The Bertz CT molecular complexity index is 1210. The average Bonchev–Trinajstić information content (AvgIpc) is 3.39. The average molecular weight is 419 g/mol. The number of nitrogens with one attached hydrogen (secondary N) is 1. The number of aromatic nitrogens is 7. The molecule has 1 fully saturated rings. The molecule has 0 saturated heterocycles. The highest BCUT2D eigenvalue weighted by Crippen LogP contribution is 2.36. The summed E-state index contributed by atoms with van der Waals surface area (Å²) in [5, 5.41) is 13.5. The SMILES string of the molecule is CNc1cc2c(cn1)c(-c1cnn(C)c1)nn2C1CCC(Oc2ncncc2C)CC1. The smallest absolute Gasteiger partial charge is 0.219 e. The monoisotopic (exact) mass is 418 g/mol. The van der Waals surface area contributed by atoms with E-state index in [9.17, 15) is 0 Å². The van der Waals surface area contributed by atoms with Gasteiger partial charge >= 0.3 is 0 Å². The molecule has 4 aromatic rings. The van der Waals surface area contributed by atoms with E-state index in [1.165, 1.54) is 6.33 Å². The molecule has 9 nitrogen and oxygen atoms in total. The number of hydrogen-bond donors (Lipinski definition) is 1. The summed E-state index contributed by atoms with van der Waals surface area (Å²) in [5.74, 6) is 1.52. The second-order valence-electron chi connectivity index (χ2n) is 8.09. The van der Waals surface area contributed by atoms with Crippen molar-refractivity contribution in [3.63, 3.8) is 0 Å². The lowest BCUT2D eigenvalue weighted by molar-refractivity contribution is 0.125. The van der Waals surface area contributed by atoms with E-state index in [0.717, 1.165) is 59.2 Å². The number of pyridine rings is 1. The fourth-order valence-electron chi connectivity index (χ4n) is 4.28. The summed E-state index contributed by atoms with van der Waals surface area (Å²) in [6.45, 7) is 1.98. The summed E-state index contributed by atoms with van der Waals surface area (Å²) in [7, 11) is 3.80. The molecule has 0 bridgehead atoms. The predicted molar refractivity (Wildman–Crippen MR) is 118 cm³/mol. The van der Waals surface area contributed by atoms with Gasteiger partial charge in [0.1, 0.15) is 23.9 Å². The van der Waals surface area contributed by atoms with Crippen molar-refractivity contribution >= 4 is 16.7 Å². The van der Waals surface area contributed by atoms with Crippen LogP contribution in [0.1, 0.15) is 37.3 Å². The minimum Gasteiger partial charge on any atom is -0.474 e. The second-order valence-corrected chi connectivity index (χ2v) is 8.09. The van der Waals surface area contributed by atoms with E-state index >= 15 is 0 Å². The molecule has 31 heavy (non-hydrogen) atoms. The number of fused-ring (bicyclic) bond motifs is 1. The lowest BCUT2D eigenvalue weighted by Crippen LogP contribution is -2.26. The van der Waals surface area contributed by atoms with E-state index < -0.39 is 0 Å². The van der Waals surface area contributed by atoms with E-state index in [1.54, 1.807) is 10.9 Å². The summed E-state index contributed by atoms with van der Waals surface area (Å²) in [6.07, 6.45) is 13.2. The fraction of sp³-hybridized carbons (Fsp3) is 0.409. The Morgan fingerprint density at radius 1 is 1.10 bits per heavy atom. The number of aryl methyl sites for hydroxylation is 2. The van der Waals surface area contributed by atoms with E-state index in [1.807, 2.05) is 39.6 Å². The van der Waals surface area contributed by atoms with Crippen LogP contribution >= 0.6 is 0 Å². The molecule has 1 N–H and O–H groups in total. The summed E-state index contributed by atoms with van der Waals surface area (Å²) in [6, 6.07) is 2.39. The van der Waals surface area contributed by atoms with Crippen molar-refractivity contribution < 1.29 is 4.74 Å². The normalized spacial score (nSPS) is 18.9. The minimum atomic E-state index is 0.166. The Labute approximate surface area is 180 Å². The van der Waals surface area contributed by atoms with Crippen LogP contribution in [0.3, 0.4) is 0 Å². The van der Waals surface area contributed by atoms with Gasteiger partial charge in [-0.2, -0.15) is 10.2 Å². The van der Waals surface area contributed by atoms with E-state index in [2.05, 4.69) is 36.1 Å². The Morgan fingerprint density at radius 3 is 2.65 bits per heavy atom. The number of hydrogen-bond acceptors (Lipinski definition) is 7. The molecular formula is C22H26N8O.